The van der Waals surface area contributed by atoms with Crippen LogP contribution in [0.25, 0.3) is 6.08 Å². The van der Waals surface area contributed by atoms with Crippen LogP contribution in [-0.2, 0) is 14.3 Å². The maximum absolute atomic E-state index is 12.5. The van der Waals surface area contributed by atoms with Gasteiger partial charge in [-0.25, -0.2) is 4.79 Å². The lowest BCUT2D eigenvalue weighted by molar-refractivity contribution is -0.142. The van der Waals surface area contributed by atoms with Gasteiger partial charge in [-0.2, -0.15) is 5.26 Å². The summed E-state index contributed by atoms with van der Waals surface area (Å²) in [6, 6.07) is 13.7. The second kappa shape index (κ2) is 9.41. The number of halogens is 1. The molecule has 2 rings (SSSR count). The molecule has 2 aromatic carbocycles. The Kier molecular flexibility index (Phi) is 6.98. The van der Waals surface area contributed by atoms with Gasteiger partial charge in [0.25, 0.3) is 5.91 Å². The van der Waals surface area contributed by atoms with Crippen LogP contribution in [0.3, 0.4) is 0 Å². The molecule has 0 fully saturated rings. The molecule has 27 heavy (non-hydrogen) atoms. The molecule has 0 aliphatic rings. The Morgan fingerprint density at radius 1 is 1.26 bits per heavy atom. The molecule has 0 bridgehead atoms. The van der Waals surface area contributed by atoms with E-state index in [9.17, 15) is 14.9 Å². The maximum Gasteiger partial charge on any atom is 0.343 e. The molecule has 7 heteroatoms. The minimum absolute atomic E-state index is 0.122. The van der Waals surface area contributed by atoms with Gasteiger partial charge in [0, 0.05) is 16.3 Å². The summed E-state index contributed by atoms with van der Waals surface area (Å²) in [5, 5.41) is 12.5. The first-order chi connectivity index (χ1) is 12.9. The fraction of sp³-hybridized carbons (Fsp3) is 0.150. The molecule has 0 heterocycles. The van der Waals surface area contributed by atoms with Crippen LogP contribution in [0.5, 0.6) is 5.75 Å². The smallest absolute Gasteiger partial charge is 0.343 e. The standard InChI is InChI=1S/C20H17ClN2O4/c1-13-7-8-16(21)10-17(13)23-20(25)15(11-22)9-14-5-3-4-6-18(14)27-12-19(24)26-2/h3-10H,12H2,1-2H3,(H,23,25)/b15-9+. The lowest BCUT2D eigenvalue weighted by Gasteiger charge is -2.10. The third-order valence-corrected chi connectivity index (χ3v) is 3.84. The zero-order valence-corrected chi connectivity index (χ0v) is 15.5. The van der Waals surface area contributed by atoms with Crippen molar-refractivity contribution in [3.63, 3.8) is 0 Å². The predicted octanol–water partition coefficient (Wildman–Crippen LogP) is 3.75. The van der Waals surface area contributed by atoms with Gasteiger partial charge in [0.05, 0.1) is 7.11 Å². The molecule has 0 atom stereocenters. The molecule has 0 saturated carbocycles. The van der Waals surface area contributed by atoms with Gasteiger partial charge >= 0.3 is 5.97 Å². The van der Waals surface area contributed by atoms with E-state index >= 15 is 0 Å². The van der Waals surface area contributed by atoms with Crippen molar-refractivity contribution in [1.29, 1.82) is 5.26 Å². The van der Waals surface area contributed by atoms with E-state index in [1.807, 2.05) is 13.0 Å². The molecule has 0 aliphatic carbocycles. The molecular formula is C20H17ClN2O4. The Balaban J connectivity index is 2.25. The number of aryl methyl sites for hydroxylation is 1. The fourth-order valence-corrected chi connectivity index (χ4v) is 2.32. The molecule has 0 unspecified atom stereocenters. The van der Waals surface area contributed by atoms with Gasteiger partial charge in [-0.05, 0) is 36.8 Å². The van der Waals surface area contributed by atoms with Crippen molar-refractivity contribution >= 4 is 35.2 Å². The fourth-order valence-electron chi connectivity index (χ4n) is 2.15. The van der Waals surface area contributed by atoms with Gasteiger partial charge in [0.1, 0.15) is 17.4 Å². The highest BCUT2D eigenvalue weighted by molar-refractivity contribution is 6.31. The number of para-hydroxylation sites is 1. The van der Waals surface area contributed by atoms with Crippen LogP contribution in [0.15, 0.2) is 48.0 Å². The summed E-state index contributed by atoms with van der Waals surface area (Å²) < 4.78 is 9.92. The largest absolute Gasteiger partial charge is 0.481 e. The molecule has 1 amide bonds. The van der Waals surface area contributed by atoms with E-state index in [2.05, 4.69) is 10.1 Å². The highest BCUT2D eigenvalue weighted by atomic mass is 35.5. The molecule has 2 aromatic rings. The SMILES string of the molecule is COC(=O)COc1ccccc1/C=C(\C#N)C(=O)Nc1cc(Cl)ccc1C. The van der Waals surface area contributed by atoms with Crippen LogP contribution in [0.1, 0.15) is 11.1 Å². The first-order valence-corrected chi connectivity index (χ1v) is 8.30. The maximum atomic E-state index is 12.5. The summed E-state index contributed by atoms with van der Waals surface area (Å²) in [6.07, 6.45) is 1.39. The van der Waals surface area contributed by atoms with Crippen molar-refractivity contribution in [3.05, 3.63) is 64.2 Å². The quantitative estimate of drug-likeness (QED) is 0.465. The van der Waals surface area contributed by atoms with Crippen molar-refractivity contribution in [3.8, 4) is 11.8 Å². The van der Waals surface area contributed by atoms with Gasteiger partial charge in [-0.3, -0.25) is 4.79 Å². The predicted molar refractivity (Wildman–Crippen MR) is 102 cm³/mol. The van der Waals surface area contributed by atoms with Crippen LogP contribution >= 0.6 is 11.6 Å². The second-order valence-corrected chi connectivity index (χ2v) is 5.92. The topological polar surface area (TPSA) is 88.4 Å². The molecule has 0 saturated heterocycles. The summed E-state index contributed by atoms with van der Waals surface area (Å²) in [5.74, 6) is -0.767. The van der Waals surface area contributed by atoms with Gasteiger partial charge in [0.2, 0.25) is 0 Å². The van der Waals surface area contributed by atoms with Crippen LogP contribution in [0, 0.1) is 18.3 Å². The van der Waals surface area contributed by atoms with Crippen LogP contribution in [0.4, 0.5) is 5.69 Å². The number of nitrogens with zero attached hydrogens (tertiary/aromatic N) is 1. The number of benzene rings is 2. The van der Waals surface area contributed by atoms with E-state index in [-0.39, 0.29) is 12.2 Å². The molecule has 0 aliphatic heterocycles. The van der Waals surface area contributed by atoms with Gasteiger partial charge in [-0.15, -0.1) is 0 Å². The Labute approximate surface area is 162 Å². The number of anilines is 1. The Morgan fingerprint density at radius 3 is 2.70 bits per heavy atom. The van der Waals surface area contributed by atoms with Gasteiger partial charge in [-0.1, -0.05) is 35.9 Å². The zero-order valence-electron chi connectivity index (χ0n) is 14.8. The van der Waals surface area contributed by atoms with Gasteiger partial charge in [0.15, 0.2) is 6.61 Å². The lowest BCUT2D eigenvalue weighted by Crippen LogP contribution is -2.15. The normalized spacial score (nSPS) is 10.7. The summed E-state index contributed by atoms with van der Waals surface area (Å²) in [4.78, 5) is 23.7. The molecular weight excluding hydrogens is 368 g/mol. The number of carbonyl (C=O) groups is 2. The monoisotopic (exact) mass is 384 g/mol. The summed E-state index contributed by atoms with van der Waals surface area (Å²) >= 11 is 5.95. The molecule has 138 valence electrons. The molecule has 0 spiro atoms. The molecule has 0 aromatic heterocycles. The van der Waals surface area contributed by atoms with E-state index in [1.54, 1.807) is 42.5 Å². The number of rotatable bonds is 6. The second-order valence-electron chi connectivity index (χ2n) is 5.49. The number of ether oxygens (including phenoxy) is 2. The van der Waals surface area contributed by atoms with E-state index in [1.165, 1.54) is 13.2 Å². The van der Waals surface area contributed by atoms with Crippen LogP contribution in [-0.4, -0.2) is 25.6 Å². The average molecular weight is 385 g/mol. The summed E-state index contributed by atoms with van der Waals surface area (Å²) in [5.41, 5.74) is 1.69. The van der Waals surface area contributed by atoms with E-state index in [0.717, 1.165) is 5.56 Å². The number of hydrogen-bond acceptors (Lipinski definition) is 5. The summed E-state index contributed by atoms with van der Waals surface area (Å²) in [7, 11) is 1.26. The first-order valence-electron chi connectivity index (χ1n) is 7.92. The average Bonchev–Trinajstić information content (AvgIpc) is 2.67. The Hall–Kier alpha value is -3.30. The Morgan fingerprint density at radius 2 is 2.00 bits per heavy atom. The number of methoxy groups -OCH3 is 1. The highest BCUT2D eigenvalue weighted by Crippen LogP contribution is 2.23. The lowest BCUT2D eigenvalue weighted by atomic mass is 10.1. The third kappa shape index (κ3) is 5.59. The molecule has 6 nitrogen and oxygen atoms in total. The van der Waals surface area contributed by atoms with E-state index in [0.29, 0.717) is 22.0 Å². The van der Waals surface area contributed by atoms with E-state index < -0.39 is 11.9 Å². The third-order valence-electron chi connectivity index (χ3n) is 3.60. The van der Waals surface area contributed by atoms with Crippen molar-refractivity contribution in [2.24, 2.45) is 0 Å². The molecule has 1 N–H and O–H groups in total. The van der Waals surface area contributed by atoms with Crippen molar-refractivity contribution in [2.45, 2.75) is 6.92 Å². The highest BCUT2D eigenvalue weighted by Gasteiger charge is 2.13. The summed E-state index contributed by atoms with van der Waals surface area (Å²) in [6.45, 7) is 1.54. The van der Waals surface area contributed by atoms with Crippen molar-refractivity contribution < 1.29 is 19.1 Å². The van der Waals surface area contributed by atoms with Gasteiger partial charge < -0.3 is 14.8 Å². The zero-order chi connectivity index (χ0) is 19.8. The number of carbonyl (C=O) groups excluding carboxylic acids is 2. The first kappa shape index (κ1) is 20.0. The number of nitriles is 1. The van der Waals surface area contributed by atoms with Crippen molar-refractivity contribution in [1.82, 2.24) is 0 Å². The minimum atomic E-state index is -0.578. The van der Waals surface area contributed by atoms with Crippen molar-refractivity contribution in [2.75, 3.05) is 19.0 Å². The molecule has 0 radical (unpaired) electrons. The minimum Gasteiger partial charge on any atom is -0.481 e. The van der Waals surface area contributed by atoms with Crippen LogP contribution < -0.4 is 10.1 Å². The number of nitrogens with one attached hydrogen (secondary N) is 1. The number of hydrogen-bond donors (Lipinski definition) is 1. The van der Waals surface area contributed by atoms with Crippen LogP contribution in [0.2, 0.25) is 5.02 Å². The number of esters is 1. The number of amides is 1. The Bertz CT molecular complexity index is 932. The van der Waals surface area contributed by atoms with E-state index in [4.69, 9.17) is 16.3 Å².